The van der Waals surface area contributed by atoms with Gasteiger partial charge in [-0.15, -0.1) is 10.2 Å². The first kappa shape index (κ1) is 16.5. The first-order valence-corrected chi connectivity index (χ1v) is 11.3. The van der Waals surface area contributed by atoms with E-state index in [2.05, 4.69) is 15.5 Å². The zero-order chi connectivity index (χ0) is 15.4. The van der Waals surface area contributed by atoms with E-state index in [1.165, 1.54) is 0 Å². The summed E-state index contributed by atoms with van der Waals surface area (Å²) in [7, 11) is -2.77. The van der Waals surface area contributed by atoms with E-state index in [9.17, 15) is 8.42 Å². The Bertz CT molecular complexity index is 570. The Morgan fingerprint density at radius 3 is 2.82 bits per heavy atom. The molecule has 1 aromatic rings. The van der Waals surface area contributed by atoms with E-state index in [-0.39, 0.29) is 0 Å². The van der Waals surface area contributed by atoms with Crippen molar-refractivity contribution in [2.24, 2.45) is 5.92 Å². The molecule has 2 aliphatic heterocycles. The first-order chi connectivity index (χ1) is 10.6. The number of hydrogen-bond donors (Lipinski definition) is 1. The van der Waals surface area contributed by atoms with Crippen molar-refractivity contribution >= 4 is 38.1 Å². The van der Waals surface area contributed by atoms with Crippen LogP contribution in [-0.2, 0) is 14.6 Å². The Balaban J connectivity index is 1.40. The van der Waals surface area contributed by atoms with Crippen LogP contribution in [0.3, 0.4) is 0 Å². The molecule has 0 amide bonds. The average Bonchev–Trinajstić information content (AvgIpc) is 3.15. The first-order valence-electron chi connectivity index (χ1n) is 7.63. The molecule has 9 heteroatoms. The standard InChI is InChI=1S/C13H21N3O3S3/c17-22(18)6-3-10(4-7-22)9-20-13-16-15-12(21-13)14-8-11-2-1-5-19-11/h10-11H,1-9H2,(H,14,15)/t11-/m1/s1. The van der Waals surface area contributed by atoms with Crippen molar-refractivity contribution in [2.45, 2.75) is 36.1 Å². The lowest BCUT2D eigenvalue weighted by Gasteiger charge is -2.20. The lowest BCUT2D eigenvalue weighted by molar-refractivity contribution is 0.120. The van der Waals surface area contributed by atoms with E-state index in [1.54, 1.807) is 23.1 Å². The Labute approximate surface area is 139 Å². The van der Waals surface area contributed by atoms with Gasteiger partial charge in [0.1, 0.15) is 9.84 Å². The molecule has 0 aromatic carbocycles. The second kappa shape index (κ2) is 7.46. The van der Waals surface area contributed by atoms with Crippen molar-refractivity contribution in [2.75, 3.05) is 35.7 Å². The molecule has 0 saturated carbocycles. The minimum absolute atomic E-state index is 0.296. The van der Waals surface area contributed by atoms with Crippen LogP contribution in [0.1, 0.15) is 25.7 Å². The lowest BCUT2D eigenvalue weighted by Crippen LogP contribution is -2.24. The molecular weight excluding hydrogens is 342 g/mol. The fourth-order valence-corrected chi connectivity index (χ4v) is 6.20. The quantitative estimate of drug-likeness (QED) is 0.775. The summed E-state index contributed by atoms with van der Waals surface area (Å²) in [4.78, 5) is 0. The zero-order valence-corrected chi connectivity index (χ0v) is 14.8. The number of nitrogens with zero attached hydrogens (tertiary/aromatic N) is 2. The highest BCUT2D eigenvalue weighted by Gasteiger charge is 2.24. The van der Waals surface area contributed by atoms with Gasteiger partial charge in [-0.3, -0.25) is 0 Å². The molecule has 2 saturated heterocycles. The average molecular weight is 364 g/mol. The summed E-state index contributed by atoms with van der Waals surface area (Å²) in [6.45, 7) is 1.65. The normalized spacial score (nSPS) is 25.4. The summed E-state index contributed by atoms with van der Waals surface area (Å²) in [6, 6.07) is 0. The van der Waals surface area contributed by atoms with E-state index >= 15 is 0 Å². The summed E-state index contributed by atoms with van der Waals surface area (Å²) in [6.07, 6.45) is 4.10. The van der Waals surface area contributed by atoms with Crippen LogP contribution >= 0.6 is 23.1 Å². The van der Waals surface area contributed by atoms with Crippen LogP contribution in [0.25, 0.3) is 0 Å². The van der Waals surface area contributed by atoms with E-state index in [1.807, 2.05) is 0 Å². The summed E-state index contributed by atoms with van der Waals surface area (Å²) in [5.41, 5.74) is 0. The number of rotatable bonds is 6. The van der Waals surface area contributed by atoms with Crippen LogP contribution in [0, 0.1) is 5.92 Å². The van der Waals surface area contributed by atoms with Crippen LogP contribution < -0.4 is 5.32 Å². The van der Waals surface area contributed by atoms with Gasteiger partial charge in [0.25, 0.3) is 0 Å². The maximum Gasteiger partial charge on any atom is 0.206 e. The summed E-state index contributed by atoms with van der Waals surface area (Å²) >= 11 is 3.25. The number of thioether (sulfide) groups is 1. The SMILES string of the molecule is O=S1(=O)CCC(CSc2nnc(NC[C@H]3CCCO3)s2)CC1. The molecule has 2 fully saturated rings. The van der Waals surface area contributed by atoms with Gasteiger partial charge >= 0.3 is 0 Å². The van der Waals surface area contributed by atoms with Gasteiger partial charge in [0.2, 0.25) is 5.13 Å². The number of hydrogen-bond acceptors (Lipinski definition) is 8. The third kappa shape index (κ3) is 4.81. The van der Waals surface area contributed by atoms with Crippen molar-refractivity contribution in [1.29, 1.82) is 0 Å². The Morgan fingerprint density at radius 1 is 1.27 bits per heavy atom. The minimum Gasteiger partial charge on any atom is -0.376 e. The van der Waals surface area contributed by atoms with Crippen LogP contribution in [0.15, 0.2) is 4.34 Å². The van der Waals surface area contributed by atoms with E-state index in [0.717, 1.165) is 54.1 Å². The molecule has 124 valence electrons. The predicted octanol–water partition coefficient (Wildman–Crippen LogP) is 2.05. The molecule has 22 heavy (non-hydrogen) atoms. The van der Waals surface area contributed by atoms with Crippen molar-refractivity contribution in [1.82, 2.24) is 10.2 Å². The van der Waals surface area contributed by atoms with Crippen LogP contribution in [0.4, 0.5) is 5.13 Å². The largest absolute Gasteiger partial charge is 0.376 e. The van der Waals surface area contributed by atoms with Crippen molar-refractivity contribution < 1.29 is 13.2 Å². The molecule has 0 unspecified atom stereocenters. The highest BCUT2D eigenvalue weighted by molar-refractivity contribution is 8.01. The number of aromatic nitrogens is 2. The molecule has 6 nitrogen and oxygen atoms in total. The van der Waals surface area contributed by atoms with Gasteiger partial charge in [-0.1, -0.05) is 23.1 Å². The number of sulfone groups is 1. The molecule has 0 spiro atoms. The number of ether oxygens (including phenoxy) is 1. The highest BCUT2D eigenvalue weighted by Crippen LogP contribution is 2.30. The maximum absolute atomic E-state index is 11.4. The molecule has 1 atom stereocenters. The van der Waals surface area contributed by atoms with Gasteiger partial charge in [0.15, 0.2) is 4.34 Å². The van der Waals surface area contributed by atoms with Gasteiger partial charge in [0.05, 0.1) is 17.6 Å². The van der Waals surface area contributed by atoms with Crippen LogP contribution in [-0.4, -0.2) is 55.1 Å². The summed E-state index contributed by atoms with van der Waals surface area (Å²) in [5, 5.41) is 12.5. The number of nitrogens with one attached hydrogen (secondary N) is 1. The van der Waals surface area contributed by atoms with Crippen molar-refractivity contribution in [3.05, 3.63) is 0 Å². The molecule has 1 N–H and O–H groups in total. The third-order valence-electron chi connectivity index (χ3n) is 4.03. The molecule has 2 aliphatic rings. The summed E-state index contributed by atoms with van der Waals surface area (Å²) in [5.74, 6) is 2.07. The van der Waals surface area contributed by atoms with Gasteiger partial charge in [-0.05, 0) is 31.6 Å². The fourth-order valence-electron chi connectivity index (χ4n) is 2.64. The molecule has 3 rings (SSSR count). The molecular formula is C13H21N3O3S3. The molecule has 0 bridgehead atoms. The topological polar surface area (TPSA) is 81.2 Å². The summed E-state index contributed by atoms with van der Waals surface area (Å²) < 4.78 is 29.3. The molecule has 0 aliphatic carbocycles. The number of anilines is 1. The molecule has 3 heterocycles. The zero-order valence-electron chi connectivity index (χ0n) is 12.4. The van der Waals surface area contributed by atoms with Crippen LogP contribution in [0.2, 0.25) is 0 Å². The smallest absolute Gasteiger partial charge is 0.206 e. The molecule has 1 aromatic heterocycles. The van der Waals surface area contributed by atoms with Gasteiger partial charge in [0, 0.05) is 18.9 Å². The van der Waals surface area contributed by atoms with E-state index in [4.69, 9.17) is 4.74 Å². The fraction of sp³-hybridized carbons (Fsp3) is 0.846. The second-order valence-electron chi connectivity index (χ2n) is 5.80. The third-order valence-corrected chi connectivity index (χ3v) is 7.99. The van der Waals surface area contributed by atoms with Crippen molar-refractivity contribution in [3.8, 4) is 0 Å². The minimum atomic E-state index is -2.77. The van der Waals surface area contributed by atoms with Gasteiger partial charge in [-0.2, -0.15) is 0 Å². The maximum atomic E-state index is 11.4. The highest BCUT2D eigenvalue weighted by atomic mass is 32.2. The Kier molecular flexibility index (Phi) is 5.59. The van der Waals surface area contributed by atoms with Gasteiger partial charge < -0.3 is 10.1 Å². The second-order valence-corrected chi connectivity index (χ2v) is 10.3. The Morgan fingerprint density at radius 2 is 2.09 bits per heavy atom. The van der Waals surface area contributed by atoms with Crippen LogP contribution in [0.5, 0.6) is 0 Å². The molecule has 0 radical (unpaired) electrons. The monoisotopic (exact) mass is 363 g/mol. The Hall–Kier alpha value is -0.380. The van der Waals surface area contributed by atoms with E-state index in [0.29, 0.717) is 23.5 Å². The predicted molar refractivity (Wildman–Crippen MR) is 89.5 cm³/mol. The lowest BCUT2D eigenvalue weighted by atomic mass is 10.1. The van der Waals surface area contributed by atoms with E-state index < -0.39 is 9.84 Å². The van der Waals surface area contributed by atoms with Gasteiger partial charge in [-0.25, -0.2) is 8.42 Å². The van der Waals surface area contributed by atoms with Crippen molar-refractivity contribution in [3.63, 3.8) is 0 Å².